The highest BCUT2D eigenvalue weighted by molar-refractivity contribution is 6.31. The van der Waals surface area contributed by atoms with E-state index >= 15 is 0 Å². The molecule has 25 heavy (non-hydrogen) atoms. The fourth-order valence-electron chi connectivity index (χ4n) is 2.94. The molecule has 2 aromatic rings. The molecule has 1 N–H and O–H groups in total. The topological polar surface area (TPSA) is 58.6 Å². The molecule has 2 aromatic carbocycles. The van der Waals surface area contributed by atoms with Crippen LogP contribution in [0.2, 0.25) is 5.02 Å². The Morgan fingerprint density at radius 1 is 1.16 bits per heavy atom. The molecule has 0 radical (unpaired) electrons. The number of rotatable bonds is 4. The summed E-state index contributed by atoms with van der Waals surface area (Å²) >= 11 is 5.98. The van der Waals surface area contributed by atoms with Crippen LogP contribution in [0.25, 0.3) is 0 Å². The fourth-order valence-corrected chi connectivity index (χ4v) is 3.12. The van der Waals surface area contributed by atoms with Crippen molar-refractivity contribution in [2.45, 2.75) is 19.9 Å². The number of carbonyl (C=O) groups is 2. The van der Waals surface area contributed by atoms with Crippen molar-refractivity contribution in [2.75, 3.05) is 11.5 Å². The van der Waals surface area contributed by atoms with Crippen LogP contribution in [0.3, 0.4) is 0 Å². The second-order valence-corrected chi connectivity index (χ2v) is 6.31. The quantitative estimate of drug-likeness (QED) is 0.892. The Hall–Kier alpha value is -2.53. The highest BCUT2D eigenvalue weighted by Gasteiger charge is 2.39. The molecule has 2 unspecified atom stereocenters. The Morgan fingerprint density at radius 2 is 1.88 bits per heavy atom. The van der Waals surface area contributed by atoms with Gasteiger partial charge in [0, 0.05) is 5.02 Å². The highest BCUT2D eigenvalue weighted by Crippen LogP contribution is 2.32. The number of imide groups is 1. The van der Waals surface area contributed by atoms with Crippen LogP contribution in [-0.4, -0.2) is 18.5 Å². The summed E-state index contributed by atoms with van der Waals surface area (Å²) < 4.78 is 5.43. The summed E-state index contributed by atoms with van der Waals surface area (Å²) in [6, 6.07) is 13.3. The number of urea groups is 1. The van der Waals surface area contributed by atoms with E-state index < -0.39 is 11.9 Å². The van der Waals surface area contributed by atoms with Gasteiger partial charge >= 0.3 is 6.03 Å². The molecule has 1 fully saturated rings. The maximum atomic E-state index is 12.8. The number of carbonyl (C=O) groups excluding carboxylic acids is 2. The number of nitrogens with zero attached hydrogens (tertiary/aromatic N) is 1. The standard InChI is InChI=1S/C19H19ClN2O3/c1-3-25-16-9-7-13(8-10-16)17-12(2)18(23)22(19(24)21-17)15-6-4-5-14(20)11-15/h4-12,17H,3H2,1-2H3,(H,21,24). The molecule has 3 rings (SSSR count). The zero-order valence-electron chi connectivity index (χ0n) is 14.0. The van der Waals surface area contributed by atoms with Crippen molar-refractivity contribution in [1.29, 1.82) is 0 Å². The molecule has 130 valence electrons. The summed E-state index contributed by atoms with van der Waals surface area (Å²) in [7, 11) is 0. The number of ether oxygens (including phenoxy) is 1. The third-order valence-electron chi connectivity index (χ3n) is 4.21. The molecule has 6 heteroatoms. The first-order chi connectivity index (χ1) is 12.0. The lowest BCUT2D eigenvalue weighted by molar-refractivity contribution is -0.122. The monoisotopic (exact) mass is 358 g/mol. The van der Waals surface area contributed by atoms with Crippen LogP contribution in [0.5, 0.6) is 5.75 Å². The van der Waals surface area contributed by atoms with E-state index in [4.69, 9.17) is 16.3 Å². The minimum absolute atomic E-state index is 0.259. The van der Waals surface area contributed by atoms with E-state index in [-0.39, 0.29) is 11.9 Å². The summed E-state index contributed by atoms with van der Waals surface area (Å²) in [5.74, 6) is 0.0902. The van der Waals surface area contributed by atoms with Crippen molar-refractivity contribution in [1.82, 2.24) is 5.32 Å². The van der Waals surface area contributed by atoms with Crippen molar-refractivity contribution in [3.8, 4) is 5.75 Å². The molecule has 1 heterocycles. The minimum atomic E-state index is -0.454. The van der Waals surface area contributed by atoms with Gasteiger partial charge in [0.1, 0.15) is 5.75 Å². The largest absolute Gasteiger partial charge is 0.494 e. The molecule has 0 aliphatic carbocycles. The van der Waals surface area contributed by atoms with Crippen LogP contribution in [0.15, 0.2) is 48.5 Å². The van der Waals surface area contributed by atoms with Gasteiger partial charge in [0.05, 0.1) is 24.3 Å². The number of nitrogens with one attached hydrogen (secondary N) is 1. The van der Waals surface area contributed by atoms with Gasteiger partial charge in [-0.15, -0.1) is 0 Å². The van der Waals surface area contributed by atoms with Crippen molar-refractivity contribution in [2.24, 2.45) is 5.92 Å². The molecule has 0 bridgehead atoms. The Kier molecular flexibility index (Phi) is 4.95. The molecule has 1 aliphatic heterocycles. The number of benzene rings is 2. The number of anilines is 1. The second kappa shape index (κ2) is 7.15. The number of amides is 3. The summed E-state index contributed by atoms with van der Waals surface area (Å²) in [4.78, 5) is 26.5. The minimum Gasteiger partial charge on any atom is -0.494 e. The summed E-state index contributed by atoms with van der Waals surface area (Å²) in [6.45, 7) is 4.31. The van der Waals surface area contributed by atoms with Gasteiger partial charge in [-0.2, -0.15) is 0 Å². The summed E-state index contributed by atoms with van der Waals surface area (Å²) in [5, 5.41) is 3.39. The van der Waals surface area contributed by atoms with Crippen LogP contribution in [-0.2, 0) is 4.79 Å². The lowest BCUT2D eigenvalue weighted by Crippen LogP contribution is -2.55. The molecule has 1 aliphatic rings. The molecular formula is C19H19ClN2O3. The molecule has 0 aromatic heterocycles. The number of halogens is 1. The van der Waals surface area contributed by atoms with Crippen molar-refractivity contribution < 1.29 is 14.3 Å². The average molecular weight is 359 g/mol. The van der Waals surface area contributed by atoms with Gasteiger partial charge in [0.25, 0.3) is 0 Å². The molecule has 3 amide bonds. The molecular weight excluding hydrogens is 340 g/mol. The molecule has 1 saturated heterocycles. The van der Waals surface area contributed by atoms with E-state index in [1.807, 2.05) is 31.2 Å². The molecule has 2 atom stereocenters. The zero-order chi connectivity index (χ0) is 18.0. The van der Waals surface area contributed by atoms with Crippen LogP contribution in [0.4, 0.5) is 10.5 Å². The molecule has 0 spiro atoms. The van der Waals surface area contributed by atoms with Gasteiger partial charge in [-0.1, -0.05) is 36.7 Å². The third-order valence-corrected chi connectivity index (χ3v) is 4.44. The van der Waals surface area contributed by atoms with E-state index in [1.54, 1.807) is 31.2 Å². The van der Waals surface area contributed by atoms with E-state index in [0.29, 0.717) is 17.3 Å². The predicted octanol–water partition coefficient (Wildman–Crippen LogP) is 4.17. The first-order valence-electron chi connectivity index (χ1n) is 8.14. The number of hydrogen-bond donors (Lipinski definition) is 1. The lowest BCUT2D eigenvalue weighted by Gasteiger charge is -2.36. The number of hydrogen-bond acceptors (Lipinski definition) is 3. The maximum Gasteiger partial charge on any atom is 0.329 e. The molecule has 5 nitrogen and oxygen atoms in total. The Balaban J connectivity index is 1.85. The Labute approximate surface area is 151 Å². The van der Waals surface area contributed by atoms with Crippen molar-refractivity contribution in [3.63, 3.8) is 0 Å². The Bertz CT molecular complexity index is 792. The van der Waals surface area contributed by atoms with Crippen LogP contribution in [0.1, 0.15) is 25.5 Å². The van der Waals surface area contributed by atoms with Gasteiger partial charge in [0.15, 0.2) is 0 Å². The van der Waals surface area contributed by atoms with Gasteiger partial charge in [0.2, 0.25) is 5.91 Å². The van der Waals surface area contributed by atoms with Crippen molar-refractivity contribution in [3.05, 3.63) is 59.1 Å². The van der Waals surface area contributed by atoms with Crippen molar-refractivity contribution >= 4 is 29.2 Å². The predicted molar refractivity (Wildman–Crippen MR) is 97.0 cm³/mol. The van der Waals surface area contributed by atoms with E-state index in [9.17, 15) is 9.59 Å². The van der Waals surface area contributed by atoms with Gasteiger partial charge in [-0.25, -0.2) is 9.69 Å². The molecule has 0 saturated carbocycles. The normalized spacial score (nSPS) is 20.4. The average Bonchev–Trinajstić information content (AvgIpc) is 2.59. The first-order valence-corrected chi connectivity index (χ1v) is 8.52. The Morgan fingerprint density at radius 3 is 2.52 bits per heavy atom. The van der Waals surface area contributed by atoms with Gasteiger partial charge < -0.3 is 10.1 Å². The third kappa shape index (κ3) is 3.46. The summed E-state index contributed by atoms with van der Waals surface area (Å²) in [5.41, 5.74) is 1.33. The van der Waals surface area contributed by atoms with E-state index in [2.05, 4.69) is 5.32 Å². The highest BCUT2D eigenvalue weighted by atomic mass is 35.5. The van der Waals surface area contributed by atoms with Gasteiger partial charge in [-0.3, -0.25) is 4.79 Å². The fraction of sp³-hybridized carbons (Fsp3) is 0.263. The second-order valence-electron chi connectivity index (χ2n) is 5.87. The van der Waals surface area contributed by atoms with E-state index in [0.717, 1.165) is 16.2 Å². The first kappa shape index (κ1) is 17.3. The smallest absolute Gasteiger partial charge is 0.329 e. The zero-order valence-corrected chi connectivity index (χ0v) is 14.8. The van der Waals surface area contributed by atoms with Crippen LogP contribution >= 0.6 is 11.6 Å². The van der Waals surface area contributed by atoms with Crippen LogP contribution in [0, 0.1) is 5.92 Å². The van der Waals surface area contributed by atoms with Crippen LogP contribution < -0.4 is 15.0 Å². The summed E-state index contributed by atoms with van der Waals surface area (Å²) in [6.07, 6.45) is 0. The lowest BCUT2D eigenvalue weighted by atomic mass is 9.91. The maximum absolute atomic E-state index is 12.8. The van der Waals surface area contributed by atoms with Gasteiger partial charge in [-0.05, 0) is 42.8 Å². The SMILES string of the molecule is CCOc1ccc(C2NC(=O)N(c3cccc(Cl)c3)C(=O)C2C)cc1. The van der Waals surface area contributed by atoms with E-state index in [1.165, 1.54) is 0 Å².